The van der Waals surface area contributed by atoms with Crippen LogP contribution in [0.25, 0.3) is 11.0 Å². The van der Waals surface area contributed by atoms with E-state index in [-0.39, 0.29) is 13.0 Å². The number of aromatic nitrogens is 2. The zero-order chi connectivity index (χ0) is 24.3. The van der Waals surface area contributed by atoms with Gasteiger partial charge in [0.1, 0.15) is 18.7 Å². The molecule has 0 radical (unpaired) electrons. The number of nitrogens with zero attached hydrogens (tertiary/aromatic N) is 3. The van der Waals surface area contributed by atoms with Crippen LogP contribution >= 0.6 is 0 Å². The van der Waals surface area contributed by atoms with Gasteiger partial charge in [-0.3, -0.25) is 0 Å². The van der Waals surface area contributed by atoms with Gasteiger partial charge in [-0.15, -0.1) is 0 Å². The Morgan fingerprint density at radius 2 is 2.03 bits per heavy atom. The van der Waals surface area contributed by atoms with Crippen molar-refractivity contribution in [1.29, 1.82) is 0 Å². The van der Waals surface area contributed by atoms with Crippen molar-refractivity contribution in [2.24, 2.45) is 0 Å². The standard InChI is InChI=1S/C27H33F2N3O2/c1-4-8-19(2)31(3)22-11-12-25-24(14-22)30-26(13-21(16-33)20-9-6-5-7-10-20)32(25)23-15-27(28,29)18-34-17-23/h5-7,9-12,14,16,19,21,23H,4,8,13,15,17-18H2,1-3H3. The molecule has 0 amide bonds. The van der Waals surface area contributed by atoms with E-state index in [2.05, 4.69) is 25.8 Å². The van der Waals surface area contributed by atoms with E-state index in [4.69, 9.17) is 9.72 Å². The van der Waals surface area contributed by atoms with Crippen LogP contribution in [-0.4, -0.2) is 48.1 Å². The Bertz CT molecular complexity index is 1120. The molecule has 4 rings (SSSR count). The fourth-order valence-corrected chi connectivity index (χ4v) is 4.89. The molecule has 0 bridgehead atoms. The SMILES string of the molecule is CCCC(C)N(C)c1ccc2c(c1)nc(CC(C=O)c1ccccc1)n2C1COCC(F)(F)C1. The van der Waals surface area contributed by atoms with Crippen LogP contribution < -0.4 is 4.90 Å². The highest BCUT2D eigenvalue weighted by molar-refractivity contribution is 5.81. The van der Waals surface area contributed by atoms with Crippen LogP contribution in [0.2, 0.25) is 0 Å². The fraction of sp³-hybridized carbons (Fsp3) is 0.481. The lowest BCUT2D eigenvalue weighted by molar-refractivity contribution is -0.131. The highest BCUT2D eigenvalue weighted by atomic mass is 19.3. The lowest BCUT2D eigenvalue weighted by atomic mass is 9.96. The number of carbonyl (C=O) groups excluding carboxylic acids is 1. The third-order valence-electron chi connectivity index (χ3n) is 6.84. The summed E-state index contributed by atoms with van der Waals surface area (Å²) in [5.41, 5.74) is 3.45. The van der Waals surface area contributed by atoms with Gasteiger partial charge in [0.15, 0.2) is 0 Å². The largest absolute Gasteiger partial charge is 0.373 e. The molecule has 182 valence electrons. The molecule has 1 aliphatic rings. The van der Waals surface area contributed by atoms with Crippen molar-refractivity contribution in [3.8, 4) is 0 Å². The van der Waals surface area contributed by atoms with Crippen LogP contribution in [0.1, 0.15) is 56.5 Å². The molecule has 2 heterocycles. The number of hydrogen-bond donors (Lipinski definition) is 0. The van der Waals surface area contributed by atoms with Crippen molar-refractivity contribution in [3.63, 3.8) is 0 Å². The minimum atomic E-state index is -2.89. The number of alkyl halides is 2. The lowest BCUT2D eigenvalue weighted by Gasteiger charge is -2.31. The van der Waals surface area contributed by atoms with E-state index < -0.39 is 24.5 Å². The molecule has 3 aromatic rings. The highest BCUT2D eigenvalue weighted by Crippen LogP contribution is 2.36. The quantitative estimate of drug-likeness (QED) is 0.373. The topological polar surface area (TPSA) is 47.4 Å². The first-order chi connectivity index (χ1) is 16.3. The minimum Gasteiger partial charge on any atom is -0.373 e. The maximum Gasteiger partial charge on any atom is 0.273 e. The number of aldehydes is 1. The molecule has 2 aromatic carbocycles. The number of rotatable bonds is 9. The molecule has 3 unspecified atom stereocenters. The molecule has 0 aliphatic carbocycles. The molecule has 0 saturated carbocycles. The fourth-order valence-electron chi connectivity index (χ4n) is 4.89. The predicted octanol–water partition coefficient (Wildman–Crippen LogP) is 5.78. The Morgan fingerprint density at radius 3 is 2.71 bits per heavy atom. The summed E-state index contributed by atoms with van der Waals surface area (Å²) in [6.07, 6.45) is 3.10. The van der Waals surface area contributed by atoms with Gasteiger partial charge in [-0.25, -0.2) is 13.8 Å². The number of hydrogen-bond acceptors (Lipinski definition) is 4. The van der Waals surface area contributed by atoms with Crippen LogP contribution in [-0.2, 0) is 16.0 Å². The Kier molecular flexibility index (Phi) is 7.31. The van der Waals surface area contributed by atoms with Crippen molar-refractivity contribution in [1.82, 2.24) is 9.55 Å². The van der Waals surface area contributed by atoms with Crippen LogP contribution in [0.4, 0.5) is 14.5 Å². The summed E-state index contributed by atoms with van der Waals surface area (Å²) >= 11 is 0. The lowest BCUT2D eigenvalue weighted by Crippen LogP contribution is -2.37. The van der Waals surface area contributed by atoms with Crippen molar-refractivity contribution in [2.45, 2.75) is 63.5 Å². The third kappa shape index (κ3) is 5.14. The Balaban J connectivity index is 1.76. The predicted molar refractivity (Wildman–Crippen MR) is 131 cm³/mol. The van der Waals surface area contributed by atoms with E-state index in [1.54, 1.807) is 0 Å². The van der Waals surface area contributed by atoms with Crippen LogP contribution in [0.15, 0.2) is 48.5 Å². The number of carbonyl (C=O) groups is 1. The summed E-state index contributed by atoms with van der Waals surface area (Å²) < 4.78 is 35.7. The number of anilines is 1. The number of fused-ring (bicyclic) bond motifs is 1. The number of ether oxygens (including phenoxy) is 1. The molecule has 34 heavy (non-hydrogen) atoms. The molecule has 1 saturated heterocycles. The first-order valence-electron chi connectivity index (χ1n) is 12.0. The zero-order valence-corrected chi connectivity index (χ0v) is 20.1. The molecular weight excluding hydrogens is 436 g/mol. The van der Waals surface area contributed by atoms with Gasteiger partial charge >= 0.3 is 0 Å². The number of halogens is 2. The Labute approximate surface area is 199 Å². The molecule has 0 spiro atoms. The van der Waals surface area contributed by atoms with Gasteiger partial charge in [0, 0.05) is 37.5 Å². The molecule has 0 N–H and O–H groups in total. The van der Waals surface area contributed by atoms with Gasteiger partial charge in [0.05, 0.1) is 23.7 Å². The average Bonchev–Trinajstić information content (AvgIpc) is 3.19. The van der Waals surface area contributed by atoms with Gasteiger partial charge in [0.25, 0.3) is 5.92 Å². The summed E-state index contributed by atoms with van der Waals surface area (Å²) in [6, 6.07) is 15.3. The summed E-state index contributed by atoms with van der Waals surface area (Å²) in [5.74, 6) is -2.67. The normalized spacial score (nSPS) is 19.6. The Morgan fingerprint density at radius 1 is 1.26 bits per heavy atom. The van der Waals surface area contributed by atoms with Gasteiger partial charge in [0.2, 0.25) is 0 Å². The summed E-state index contributed by atoms with van der Waals surface area (Å²) in [5, 5.41) is 0. The molecule has 3 atom stereocenters. The van der Waals surface area contributed by atoms with E-state index in [1.165, 1.54) is 0 Å². The van der Waals surface area contributed by atoms with Crippen LogP contribution in [0.3, 0.4) is 0 Å². The Hall–Kier alpha value is -2.80. The van der Waals surface area contributed by atoms with Crippen LogP contribution in [0.5, 0.6) is 0 Å². The van der Waals surface area contributed by atoms with Gasteiger partial charge in [-0.1, -0.05) is 43.7 Å². The van der Waals surface area contributed by atoms with E-state index in [0.29, 0.717) is 18.3 Å². The molecule has 1 aromatic heterocycles. The van der Waals surface area contributed by atoms with Crippen LogP contribution in [0, 0.1) is 0 Å². The highest BCUT2D eigenvalue weighted by Gasteiger charge is 2.39. The molecule has 5 nitrogen and oxygen atoms in total. The van der Waals surface area contributed by atoms with E-state index in [9.17, 15) is 13.6 Å². The first-order valence-corrected chi connectivity index (χ1v) is 12.0. The zero-order valence-electron chi connectivity index (χ0n) is 20.1. The monoisotopic (exact) mass is 469 g/mol. The third-order valence-corrected chi connectivity index (χ3v) is 6.84. The smallest absolute Gasteiger partial charge is 0.273 e. The van der Waals surface area contributed by atoms with Gasteiger partial charge in [-0.2, -0.15) is 0 Å². The van der Waals surface area contributed by atoms with E-state index in [1.807, 2.05) is 53.1 Å². The number of benzene rings is 2. The minimum absolute atomic E-state index is 0.195. The maximum atomic E-state index is 14.3. The van der Waals surface area contributed by atoms with Crippen molar-refractivity contribution in [2.75, 3.05) is 25.2 Å². The second-order valence-corrected chi connectivity index (χ2v) is 9.41. The van der Waals surface area contributed by atoms with Crippen molar-refractivity contribution < 1.29 is 18.3 Å². The molecule has 1 aliphatic heterocycles. The average molecular weight is 470 g/mol. The van der Waals surface area contributed by atoms with Crippen molar-refractivity contribution in [3.05, 3.63) is 59.9 Å². The molecular formula is C27H33F2N3O2. The maximum absolute atomic E-state index is 14.3. The van der Waals surface area contributed by atoms with E-state index >= 15 is 0 Å². The molecule has 1 fully saturated rings. The summed E-state index contributed by atoms with van der Waals surface area (Å²) in [4.78, 5) is 19.1. The summed E-state index contributed by atoms with van der Waals surface area (Å²) in [7, 11) is 2.06. The second kappa shape index (κ2) is 10.2. The van der Waals surface area contributed by atoms with Crippen molar-refractivity contribution >= 4 is 23.0 Å². The molecule has 7 heteroatoms. The van der Waals surface area contributed by atoms with Gasteiger partial charge < -0.3 is 19.0 Å². The van der Waals surface area contributed by atoms with Gasteiger partial charge in [-0.05, 0) is 37.1 Å². The summed E-state index contributed by atoms with van der Waals surface area (Å²) in [6.45, 7) is 3.99. The van der Waals surface area contributed by atoms with E-state index in [0.717, 1.165) is 41.4 Å². The first kappa shape index (κ1) is 24.3. The second-order valence-electron chi connectivity index (χ2n) is 9.41. The number of imidazole rings is 1.